The molecule has 1 fully saturated rings. The lowest BCUT2D eigenvalue weighted by atomic mass is 9.73. The molecule has 1 heterocycles. The van der Waals surface area contributed by atoms with Crippen molar-refractivity contribution in [2.75, 3.05) is 6.54 Å². The minimum absolute atomic E-state index is 0. The van der Waals surface area contributed by atoms with Crippen molar-refractivity contribution in [1.29, 1.82) is 0 Å². The number of hydrogen-bond donors (Lipinski definition) is 3. The van der Waals surface area contributed by atoms with E-state index in [4.69, 9.17) is 10.2 Å². The van der Waals surface area contributed by atoms with Gasteiger partial charge in [0.05, 0.1) is 18.2 Å². The van der Waals surface area contributed by atoms with Crippen LogP contribution in [-0.4, -0.2) is 23.7 Å². The Bertz CT molecular complexity index is 449. The number of halogens is 1. The first-order chi connectivity index (χ1) is 9.05. The summed E-state index contributed by atoms with van der Waals surface area (Å²) in [7, 11) is 0. The van der Waals surface area contributed by atoms with E-state index in [0.717, 1.165) is 25.7 Å². The van der Waals surface area contributed by atoms with Gasteiger partial charge < -0.3 is 20.6 Å². The average Bonchev–Trinajstić information content (AvgIpc) is 2.89. The number of nitrogens with two attached hydrogens (primary N) is 1. The van der Waals surface area contributed by atoms with E-state index in [1.807, 2.05) is 6.92 Å². The minimum Gasteiger partial charge on any atom is -0.467 e. The van der Waals surface area contributed by atoms with Crippen molar-refractivity contribution in [2.24, 2.45) is 11.1 Å². The molecule has 114 valence electrons. The zero-order valence-corrected chi connectivity index (χ0v) is 12.5. The van der Waals surface area contributed by atoms with Gasteiger partial charge in [-0.05, 0) is 18.9 Å². The Labute approximate surface area is 125 Å². The smallest absolute Gasteiger partial charge is 0.254 e. The summed E-state index contributed by atoms with van der Waals surface area (Å²) >= 11 is 0. The monoisotopic (exact) mass is 302 g/mol. The van der Waals surface area contributed by atoms with Crippen LogP contribution in [0.25, 0.3) is 0 Å². The molecule has 1 aromatic rings. The van der Waals surface area contributed by atoms with Gasteiger partial charge in [-0.1, -0.05) is 19.8 Å². The lowest BCUT2D eigenvalue weighted by molar-refractivity contribution is 0.00190. The van der Waals surface area contributed by atoms with E-state index in [2.05, 4.69) is 5.32 Å². The Morgan fingerprint density at radius 2 is 2.35 bits per heavy atom. The second-order valence-electron chi connectivity index (χ2n) is 5.60. The predicted molar refractivity (Wildman–Crippen MR) is 78.8 cm³/mol. The van der Waals surface area contributed by atoms with E-state index in [9.17, 15) is 9.90 Å². The summed E-state index contributed by atoms with van der Waals surface area (Å²) in [6.07, 6.45) is 4.99. The normalized spacial score (nSPS) is 25.9. The van der Waals surface area contributed by atoms with Crippen LogP contribution < -0.4 is 11.1 Å². The van der Waals surface area contributed by atoms with Crippen LogP contribution in [0.3, 0.4) is 0 Å². The summed E-state index contributed by atoms with van der Waals surface area (Å²) in [4.78, 5) is 12.0. The third kappa shape index (κ3) is 3.75. The van der Waals surface area contributed by atoms with Crippen molar-refractivity contribution in [2.45, 2.75) is 45.3 Å². The number of hydrogen-bond acceptors (Lipinski definition) is 4. The maximum atomic E-state index is 12.0. The van der Waals surface area contributed by atoms with Gasteiger partial charge in [-0.25, -0.2) is 0 Å². The Kier molecular flexibility index (Phi) is 6.05. The molecule has 1 aliphatic carbocycles. The first-order valence-electron chi connectivity index (χ1n) is 6.79. The van der Waals surface area contributed by atoms with Crippen molar-refractivity contribution in [3.63, 3.8) is 0 Å². The van der Waals surface area contributed by atoms with Crippen LogP contribution in [0.4, 0.5) is 0 Å². The summed E-state index contributed by atoms with van der Waals surface area (Å²) in [5, 5.41) is 12.9. The van der Waals surface area contributed by atoms with Gasteiger partial charge in [-0.2, -0.15) is 0 Å². The molecule has 2 unspecified atom stereocenters. The predicted octanol–water partition coefficient (Wildman–Crippen LogP) is 1.83. The van der Waals surface area contributed by atoms with E-state index < -0.39 is 0 Å². The molecule has 1 aliphatic rings. The van der Waals surface area contributed by atoms with Gasteiger partial charge in [0.2, 0.25) is 0 Å². The second-order valence-corrected chi connectivity index (χ2v) is 5.60. The number of furan rings is 1. The highest BCUT2D eigenvalue weighted by molar-refractivity contribution is 5.94. The standard InChI is InChI=1S/C14H22N2O3.ClH/c1-14(5-3-2-4-12(14)17)9-16-13(18)10-6-11(7-15)19-8-10;/h6,8,12,17H,2-5,7,9,15H2,1H3,(H,16,18);1H. The van der Waals surface area contributed by atoms with Gasteiger partial charge in [0.1, 0.15) is 12.0 Å². The highest BCUT2D eigenvalue weighted by Crippen LogP contribution is 2.35. The lowest BCUT2D eigenvalue weighted by Gasteiger charge is -2.38. The molecular formula is C14H23ClN2O3. The maximum absolute atomic E-state index is 12.0. The van der Waals surface area contributed by atoms with E-state index in [-0.39, 0.29) is 36.4 Å². The molecule has 0 aromatic carbocycles. The Hall–Kier alpha value is -1.04. The number of carbonyl (C=O) groups is 1. The summed E-state index contributed by atoms with van der Waals surface area (Å²) in [5.41, 5.74) is 5.69. The van der Waals surface area contributed by atoms with Crippen molar-refractivity contribution in [3.8, 4) is 0 Å². The third-order valence-corrected chi connectivity index (χ3v) is 4.05. The van der Waals surface area contributed by atoms with Gasteiger partial charge >= 0.3 is 0 Å². The summed E-state index contributed by atoms with van der Waals surface area (Å²) in [6, 6.07) is 1.65. The minimum atomic E-state index is -0.342. The van der Waals surface area contributed by atoms with Crippen LogP contribution >= 0.6 is 12.4 Å². The first-order valence-corrected chi connectivity index (χ1v) is 6.79. The van der Waals surface area contributed by atoms with Gasteiger partial charge in [0.15, 0.2) is 0 Å². The number of rotatable bonds is 4. The molecular weight excluding hydrogens is 280 g/mol. The largest absolute Gasteiger partial charge is 0.467 e. The van der Waals surface area contributed by atoms with E-state index in [0.29, 0.717) is 17.9 Å². The van der Waals surface area contributed by atoms with Gasteiger partial charge in [0.25, 0.3) is 5.91 Å². The molecule has 2 rings (SSSR count). The molecule has 6 heteroatoms. The average molecular weight is 303 g/mol. The van der Waals surface area contributed by atoms with Crippen LogP contribution in [0.1, 0.15) is 48.7 Å². The van der Waals surface area contributed by atoms with Crippen molar-refractivity contribution >= 4 is 18.3 Å². The van der Waals surface area contributed by atoms with Crippen LogP contribution in [0, 0.1) is 5.41 Å². The fraction of sp³-hybridized carbons (Fsp3) is 0.643. The molecule has 0 aliphatic heterocycles. The number of amides is 1. The summed E-state index contributed by atoms with van der Waals surface area (Å²) < 4.78 is 5.14. The highest BCUT2D eigenvalue weighted by atomic mass is 35.5. The van der Waals surface area contributed by atoms with Crippen molar-refractivity contribution in [1.82, 2.24) is 5.32 Å². The van der Waals surface area contributed by atoms with Gasteiger partial charge in [0, 0.05) is 12.0 Å². The number of nitrogens with one attached hydrogen (secondary N) is 1. The fourth-order valence-electron chi connectivity index (χ4n) is 2.58. The summed E-state index contributed by atoms with van der Waals surface area (Å²) in [5.74, 6) is 0.413. The Morgan fingerprint density at radius 3 is 2.95 bits per heavy atom. The molecule has 1 amide bonds. The van der Waals surface area contributed by atoms with E-state index in [1.54, 1.807) is 6.07 Å². The zero-order chi connectivity index (χ0) is 13.9. The highest BCUT2D eigenvalue weighted by Gasteiger charge is 2.35. The van der Waals surface area contributed by atoms with Crippen LogP contribution in [0.5, 0.6) is 0 Å². The van der Waals surface area contributed by atoms with Crippen LogP contribution in [-0.2, 0) is 6.54 Å². The molecule has 2 atom stereocenters. The number of aliphatic hydroxyl groups excluding tert-OH is 1. The molecule has 0 radical (unpaired) electrons. The molecule has 1 aromatic heterocycles. The van der Waals surface area contributed by atoms with E-state index in [1.165, 1.54) is 6.26 Å². The van der Waals surface area contributed by atoms with Crippen molar-refractivity contribution in [3.05, 3.63) is 23.7 Å². The Morgan fingerprint density at radius 1 is 1.60 bits per heavy atom. The maximum Gasteiger partial charge on any atom is 0.254 e. The number of carbonyl (C=O) groups excluding carboxylic acids is 1. The van der Waals surface area contributed by atoms with Gasteiger partial charge in [-0.3, -0.25) is 4.79 Å². The van der Waals surface area contributed by atoms with Crippen LogP contribution in [0.2, 0.25) is 0 Å². The summed E-state index contributed by atoms with van der Waals surface area (Å²) in [6.45, 7) is 2.79. The quantitative estimate of drug-likeness (QED) is 0.791. The lowest BCUT2D eigenvalue weighted by Crippen LogP contribution is -2.45. The molecule has 1 saturated carbocycles. The SMILES string of the molecule is CC1(CNC(=O)c2coc(CN)c2)CCCCC1O.Cl. The van der Waals surface area contributed by atoms with Gasteiger partial charge in [-0.15, -0.1) is 12.4 Å². The molecule has 0 saturated heterocycles. The molecule has 0 bridgehead atoms. The Balaban J connectivity index is 0.00000200. The first kappa shape index (κ1) is 17.0. The fourth-order valence-corrected chi connectivity index (χ4v) is 2.58. The molecule has 5 nitrogen and oxygen atoms in total. The van der Waals surface area contributed by atoms with Crippen molar-refractivity contribution < 1.29 is 14.3 Å². The zero-order valence-electron chi connectivity index (χ0n) is 11.7. The molecule has 0 spiro atoms. The van der Waals surface area contributed by atoms with Crippen LogP contribution in [0.15, 0.2) is 16.7 Å². The molecule has 20 heavy (non-hydrogen) atoms. The van der Waals surface area contributed by atoms with E-state index >= 15 is 0 Å². The topological polar surface area (TPSA) is 88.5 Å². The second kappa shape index (κ2) is 7.11. The molecule has 4 N–H and O–H groups in total. The number of aliphatic hydroxyl groups is 1. The third-order valence-electron chi connectivity index (χ3n) is 4.05.